The predicted octanol–water partition coefficient (Wildman–Crippen LogP) is 3.59. The monoisotopic (exact) mass is 586 g/mol. The first kappa shape index (κ1) is 32.8. The first-order valence-electron chi connectivity index (χ1n) is 14.2. The summed E-state index contributed by atoms with van der Waals surface area (Å²) in [5.41, 5.74) is 0.781. The van der Waals surface area contributed by atoms with E-state index in [1.165, 1.54) is 19.4 Å². The zero-order valence-electron chi connectivity index (χ0n) is 25.2. The van der Waals surface area contributed by atoms with E-state index >= 15 is 0 Å². The van der Waals surface area contributed by atoms with E-state index in [9.17, 15) is 14.4 Å². The van der Waals surface area contributed by atoms with Crippen LogP contribution in [0.4, 0.5) is 0 Å². The predicted molar refractivity (Wildman–Crippen MR) is 153 cm³/mol. The Labute approximate surface area is 247 Å². The molecule has 42 heavy (non-hydrogen) atoms. The molecule has 0 saturated carbocycles. The van der Waals surface area contributed by atoms with E-state index in [0.717, 1.165) is 5.56 Å². The van der Waals surface area contributed by atoms with Crippen molar-refractivity contribution in [3.8, 4) is 11.5 Å². The quantitative estimate of drug-likeness (QED) is 0.211. The van der Waals surface area contributed by atoms with Gasteiger partial charge in [-0.05, 0) is 30.7 Å². The number of esters is 2. The van der Waals surface area contributed by atoms with Crippen molar-refractivity contribution in [1.29, 1.82) is 0 Å². The molecule has 1 fully saturated rings. The third-order valence-electron chi connectivity index (χ3n) is 6.41. The molecule has 11 nitrogen and oxygen atoms in total. The van der Waals surface area contributed by atoms with Gasteiger partial charge >= 0.3 is 11.9 Å². The number of rotatable bonds is 13. The number of hydrogen-bond donors (Lipinski definition) is 1. The minimum absolute atomic E-state index is 0.0492. The molecular weight excluding hydrogens is 544 g/mol. The van der Waals surface area contributed by atoms with Crippen molar-refractivity contribution in [3.63, 3.8) is 0 Å². The molecule has 1 aliphatic rings. The molecule has 1 aromatic heterocycles. The number of pyridine rings is 1. The molecule has 0 aliphatic carbocycles. The third-order valence-corrected chi connectivity index (χ3v) is 6.41. The summed E-state index contributed by atoms with van der Waals surface area (Å²) in [6, 6.07) is 9.72. The van der Waals surface area contributed by atoms with Crippen LogP contribution in [0.5, 0.6) is 11.5 Å². The molecule has 2 heterocycles. The Morgan fingerprint density at radius 1 is 1.05 bits per heavy atom. The summed E-state index contributed by atoms with van der Waals surface area (Å²) in [6.07, 6.45) is 0.143. The van der Waals surface area contributed by atoms with Crippen molar-refractivity contribution >= 4 is 17.8 Å². The molecule has 1 aliphatic heterocycles. The molecule has 11 heteroatoms. The highest BCUT2D eigenvalue weighted by Crippen LogP contribution is 2.30. The molecule has 0 radical (unpaired) electrons. The Balaban J connectivity index is 1.81. The van der Waals surface area contributed by atoms with Gasteiger partial charge in [-0.3, -0.25) is 9.59 Å². The van der Waals surface area contributed by atoms with Gasteiger partial charge in [-0.25, -0.2) is 9.78 Å². The lowest BCUT2D eigenvalue weighted by atomic mass is 9.91. The average Bonchev–Trinajstić information content (AvgIpc) is 2.99. The van der Waals surface area contributed by atoms with Crippen LogP contribution in [0.1, 0.15) is 50.7 Å². The smallest absolute Gasteiger partial charge is 0.332 e. The number of methoxy groups -OCH3 is 1. The van der Waals surface area contributed by atoms with Gasteiger partial charge in [0.25, 0.3) is 5.91 Å². The Bertz CT molecular complexity index is 1170. The largest absolute Gasteiger partial charge is 0.493 e. The van der Waals surface area contributed by atoms with Crippen LogP contribution in [0, 0.1) is 17.8 Å². The van der Waals surface area contributed by atoms with Crippen molar-refractivity contribution in [2.24, 2.45) is 17.8 Å². The maximum Gasteiger partial charge on any atom is 0.332 e. The zero-order chi connectivity index (χ0) is 30.6. The van der Waals surface area contributed by atoms with Gasteiger partial charge in [0.2, 0.25) is 0 Å². The molecule has 0 spiro atoms. The number of amides is 1. The molecule has 3 rings (SSSR count). The SMILES string of the molecule is COc1ccnc(C(=O)N[C@H]2COC(=O)C(Cc3ccccc3)[C@@H](OCC(C)C)C(C)OC2=O)c1OCOCC(C)C. The second kappa shape index (κ2) is 16.1. The summed E-state index contributed by atoms with van der Waals surface area (Å²) in [6.45, 7) is 9.88. The highest BCUT2D eigenvalue weighted by Gasteiger charge is 2.40. The van der Waals surface area contributed by atoms with Crippen LogP contribution in [-0.2, 0) is 35.0 Å². The minimum Gasteiger partial charge on any atom is -0.493 e. The molecule has 2 aromatic rings. The van der Waals surface area contributed by atoms with E-state index in [1.54, 1.807) is 6.92 Å². The molecule has 4 atom stereocenters. The van der Waals surface area contributed by atoms with Crippen LogP contribution in [0.25, 0.3) is 0 Å². The van der Waals surface area contributed by atoms with E-state index in [-0.39, 0.29) is 35.8 Å². The van der Waals surface area contributed by atoms with Crippen molar-refractivity contribution in [3.05, 3.63) is 53.9 Å². The number of nitrogens with one attached hydrogen (secondary N) is 1. The lowest BCUT2D eigenvalue weighted by Crippen LogP contribution is -2.46. The molecular formula is C31H42N2O9. The molecule has 2 unspecified atom stereocenters. The molecule has 230 valence electrons. The van der Waals surface area contributed by atoms with Crippen molar-refractivity contribution in [2.75, 3.05) is 33.7 Å². The van der Waals surface area contributed by atoms with Gasteiger partial charge in [0.1, 0.15) is 18.8 Å². The Kier molecular flexibility index (Phi) is 12.6. The highest BCUT2D eigenvalue weighted by molar-refractivity contribution is 5.98. The zero-order valence-corrected chi connectivity index (χ0v) is 25.2. The summed E-state index contributed by atoms with van der Waals surface area (Å²) in [5, 5.41) is 2.58. The second-order valence-corrected chi connectivity index (χ2v) is 11.0. The van der Waals surface area contributed by atoms with Crippen LogP contribution >= 0.6 is 0 Å². The number of nitrogens with zero attached hydrogens (tertiary/aromatic N) is 1. The van der Waals surface area contributed by atoms with Crippen LogP contribution in [-0.4, -0.2) is 74.8 Å². The van der Waals surface area contributed by atoms with E-state index in [2.05, 4.69) is 10.3 Å². The number of hydrogen-bond acceptors (Lipinski definition) is 10. The van der Waals surface area contributed by atoms with Crippen LogP contribution in [0.2, 0.25) is 0 Å². The summed E-state index contributed by atoms with van der Waals surface area (Å²) < 4.78 is 34.0. The molecule has 0 bridgehead atoms. The summed E-state index contributed by atoms with van der Waals surface area (Å²) in [7, 11) is 1.43. The van der Waals surface area contributed by atoms with E-state index < -0.39 is 48.6 Å². The van der Waals surface area contributed by atoms with Gasteiger partial charge in [0.05, 0.1) is 19.6 Å². The van der Waals surface area contributed by atoms with Gasteiger partial charge in [0, 0.05) is 18.9 Å². The molecule has 1 amide bonds. The standard InChI is InChI=1S/C31H42N2O9/c1-19(2)15-38-18-41-28-25(37-6)12-13-32-26(28)29(34)33-24-17-40-30(35)23(14-22-10-8-7-9-11-22)27(39-16-20(3)4)21(5)42-31(24)36/h7-13,19-21,23-24,27H,14-18H2,1-6H3,(H,33,34)/t21?,23?,24-,27-/m0/s1. The van der Waals surface area contributed by atoms with Gasteiger partial charge in [-0.15, -0.1) is 0 Å². The number of aromatic nitrogens is 1. The number of cyclic esters (lactones) is 2. The Morgan fingerprint density at radius 2 is 1.76 bits per heavy atom. The van der Waals surface area contributed by atoms with Crippen molar-refractivity contribution in [1.82, 2.24) is 10.3 Å². The lowest BCUT2D eigenvalue weighted by molar-refractivity contribution is -0.165. The number of carbonyl (C=O) groups excluding carboxylic acids is 3. The van der Waals surface area contributed by atoms with Gasteiger partial charge in [0.15, 0.2) is 30.0 Å². The lowest BCUT2D eigenvalue weighted by Gasteiger charge is -2.30. The van der Waals surface area contributed by atoms with Gasteiger partial charge < -0.3 is 33.7 Å². The summed E-state index contributed by atoms with van der Waals surface area (Å²) >= 11 is 0. The first-order chi connectivity index (χ1) is 20.1. The van der Waals surface area contributed by atoms with Crippen molar-refractivity contribution in [2.45, 2.75) is 59.3 Å². The van der Waals surface area contributed by atoms with Crippen molar-refractivity contribution < 1.29 is 42.8 Å². The molecule has 1 aromatic carbocycles. The third kappa shape index (κ3) is 9.42. The summed E-state index contributed by atoms with van der Waals surface area (Å²) in [4.78, 5) is 44.2. The number of carbonyl (C=O) groups is 3. The fourth-order valence-corrected chi connectivity index (χ4v) is 4.36. The fourth-order valence-electron chi connectivity index (χ4n) is 4.36. The fraction of sp³-hybridized carbons (Fsp3) is 0.548. The number of ether oxygens (including phenoxy) is 6. The maximum absolute atomic E-state index is 13.4. The minimum atomic E-state index is -1.30. The van der Waals surface area contributed by atoms with Crippen LogP contribution in [0.3, 0.4) is 0 Å². The normalized spacial score (nSPS) is 21.1. The van der Waals surface area contributed by atoms with E-state index in [1.807, 2.05) is 58.0 Å². The van der Waals surface area contributed by atoms with Crippen LogP contribution in [0.15, 0.2) is 42.6 Å². The topological polar surface area (TPSA) is 132 Å². The molecule has 1 saturated heterocycles. The van der Waals surface area contributed by atoms with Gasteiger partial charge in [-0.1, -0.05) is 58.0 Å². The van der Waals surface area contributed by atoms with E-state index in [0.29, 0.717) is 19.6 Å². The Morgan fingerprint density at radius 3 is 2.43 bits per heavy atom. The maximum atomic E-state index is 13.4. The second-order valence-electron chi connectivity index (χ2n) is 11.0. The molecule has 1 N–H and O–H groups in total. The average molecular weight is 587 g/mol. The van der Waals surface area contributed by atoms with E-state index in [4.69, 9.17) is 28.4 Å². The Hall–Kier alpha value is -3.70. The first-order valence-corrected chi connectivity index (χ1v) is 14.2. The van der Waals surface area contributed by atoms with Gasteiger partial charge in [-0.2, -0.15) is 0 Å². The number of benzene rings is 1. The highest BCUT2D eigenvalue weighted by atomic mass is 16.7. The van der Waals surface area contributed by atoms with Crippen LogP contribution < -0.4 is 14.8 Å². The summed E-state index contributed by atoms with van der Waals surface area (Å²) in [5.74, 6) is -2.03.